The minimum absolute atomic E-state index is 0. The molecular weight excluding hydrogens is 202 g/mol. The van der Waals surface area contributed by atoms with Crippen LogP contribution in [0.2, 0.25) is 0 Å². The summed E-state index contributed by atoms with van der Waals surface area (Å²) in [6.45, 7) is 3.05. The molecule has 0 saturated carbocycles. The molecule has 1 aromatic rings. The number of aliphatic hydroxyl groups excluding tert-OH is 1. The lowest BCUT2D eigenvalue weighted by molar-refractivity contribution is 0.164. The summed E-state index contributed by atoms with van der Waals surface area (Å²) in [6.07, 6.45) is 4.85. The fourth-order valence-corrected chi connectivity index (χ4v) is 1.21. The highest BCUT2D eigenvalue weighted by molar-refractivity contribution is 5.12. The van der Waals surface area contributed by atoms with Crippen LogP contribution >= 0.6 is 0 Å². The third-order valence-corrected chi connectivity index (χ3v) is 2.17. The Morgan fingerprint density at radius 2 is 1.81 bits per heavy atom. The van der Waals surface area contributed by atoms with Crippen LogP contribution in [0.25, 0.3) is 0 Å². The van der Waals surface area contributed by atoms with Gasteiger partial charge in [0.05, 0.1) is 6.61 Å². The van der Waals surface area contributed by atoms with E-state index in [-0.39, 0.29) is 8.03 Å². The van der Waals surface area contributed by atoms with E-state index in [4.69, 9.17) is 10.3 Å². The molecule has 3 nitrogen and oxygen atoms in total. The summed E-state index contributed by atoms with van der Waals surface area (Å²) in [6, 6.07) is 9.52. The molecule has 0 radical (unpaired) electrons. The number of hydrogen-bond acceptors (Lipinski definition) is 3. The van der Waals surface area contributed by atoms with Crippen LogP contribution in [-0.2, 0) is 6.61 Å². The maximum atomic E-state index is 8.54. The van der Waals surface area contributed by atoms with Gasteiger partial charge in [0.15, 0.2) is 0 Å². The van der Waals surface area contributed by atoms with E-state index in [9.17, 15) is 0 Å². The first-order valence-electron chi connectivity index (χ1n) is 5.86. The van der Waals surface area contributed by atoms with Crippen molar-refractivity contribution in [1.82, 2.24) is 5.48 Å². The van der Waals surface area contributed by atoms with Crippen molar-refractivity contribution in [3.8, 4) is 0 Å². The molecule has 1 aromatic carbocycles. The average Bonchev–Trinajstić information content (AvgIpc) is 2.36. The Morgan fingerprint density at radius 1 is 1.12 bits per heavy atom. The van der Waals surface area contributed by atoms with Gasteiger partial charge in [0.25, 0.3) is 0 Å². The van der Waals surface area contributed by atoms with Gasteiger partial charge in [0.1, 0.15) is 0 Å². The highest BCUT2D eigenvalue weighted by Crippen LogP contribution is 1.96. The summed E-state index contributed by atoms with van der Waals surface area (Å²) in [5.74, 6) is 0. The summed E-state index contributed by atoms with van der Waals surface area (Å²) in [5, 5.41) is 16.7. The van der Waals surface area contributed by atoms with Crippen molar-refractivity contribution in [3.63, 3.8) is 0 Å². The van der Waals surface area contributed by atoms with Gasteiger partial charge < -0.3 is 10.3 Å². The minimum atomic E-state index is 0. The summed E-state index contributed by atoms with van der Waals surface area (Å²) in [5.41, 5.74) is 3.09. The number of hydrogen-bond donors (Lipinski definition) is 3. The fraction of sp³-hybridized carbons (Fsp3) is 0.538. The van der Waals surface area contributed by atoms with E-state index in [0.29, 0.717) is 0 Å². The number of rotatable bonds is 6. The average molecular weight is 227 g/mol. The Hall–Kier alpha value is -0.900. The van der Waals surface area contributed by atoms with Gasteiger partial charge >= 0.3 is 0 Å². The van der Waals surface area contributed by atoms with Gasteiger partial charge in [-0.15, -0.1) is 0 Å². The maximum Gasteiger partial charge on any atom is 0.0681 e. The molecule has 0 spiro atoms. The van der Waals surface area contributed by atoms with Crippen molar-refractivity contribution in [2.45, 2.75) is 39.2 Å². The Bertz CT molecular complexity index is 226. The number of nitrogens with one attached hydrogen (secondary N) is 1. The van der Waals surface area contributed by atoms with Crippen molar-refractivity contribution >= 4 is 0 Å². The van der Waals surface area contributed by atoms with E-state index in [0.717, 1.165) is 18.5 Å². The second kappa shape index (κ2) is 12.2. The third-order valence-electron chi connectivity index (χ3n) is 2.17. The molecule has 3 N–H and O–H groups in total. The van der Waals surface area contributed by atoms with Crippen LogP contribution in [-0.4, -0.2) is 16.9 Å². The Morgan fingerprint density at radius 3 is 2.25 bits per heavy atom. The molecular formula is C13H25NO2. The fourth-order valence-electron chi connectivity index (χ4n) is 1.21. The van der Waals surface area contributed by atoms with Crippen LogP contribution in [0, 0.1) is 0 Å². The van der Waals surface area contributed by atoms with E-state index in [1.54, 1.807) is 0 Å². The molecule has 0 aromatic heterocycles. The van der Waals surface area contributed by atoms with Crippen LogP contribution in [0.3, 0.4) is 0 Å². The van der Waals surface area contributed by atoms with Gasteiger partial charge in [-0.05, 0) is 12.0 Å². The van der Waals surface area contributed by atoms with Crippen LogP contribution < -0.4 is 5.48 Å². The lowest BCUT2D eigenvalue weighted by Gasteiger charge is -1.94. The van der Waals surface area contributed by atoms with Gasteiger partial charge in [-0.3, -0.25) is 0 Å². The Labute approximate surface area is 99.6 Å². The van der Waals surface area contributed by atoms with E-state index < -0.39 is 0 Å². The van der Waals surface area contributed by atoms with Crippen molar-refractivity contribution in [2.24, 2.45) is 0 Å². The third kappa shape index (κ3) is 9.65. The molecule has 0 heterocycles. The van der Waals surface area contributed by atoms with Crippen molar-refractivity contribution in [1.29, 1.82) is 0 Å². The molecule has 0 aliphatic heterocycles. The lowest BCUT2D eigenvalue weighted by Crippen LogP contribution is -2.07. The highest BCUT2D eigenvalue weighted by atomic mass is 16.5. The zero-order chi connectivity index (χ0) is 12.1. The first-order valence-corrected chi connectivity index (χ1v) is 5.86. The predicted molar refractivity (Wildman–Crippen MR) is 68.4 cm³/mol. The standard InChI is InChI=1S/C7H8O.C6H15NO.H2/c8-6-7-4-2-1-3-5-7;1-2-3-4-5-6-7-8;/h1-5,8H,6H2;7-8H,2-6H2,1H3;1H. The predicted octanol–water partition coefficient (Wildman–Crippen LogP) is 2.97. The largest absolute Gasteiger partial charge is 0.392 e. The van der Waals surface area contributed by atoms with Crippen LogP contribution in [0.15, 0.2) is 30.3 Å². The Kier molecular flexibility index (Phi) is 11.5. The molecule has 0 bridgehead atoms. The van der Waals surface area contributed by atoms with E-state index in [1.807, 2.05) is 30.3 Å². The second-order valence-corrected chi connectivity index (χ2v) is 3.61. The lowest BCUT2D eigenvalue weighted by atomic mass is 10.2. The van der Waals surface area contributed by atoms with Gasteiger partial charge in [-0.25, -0.2) is 5.48 Å². The summed E-state index contributed by atoms with van der Waals surface area (Å²) in [7, 11) is 0. The van der Waals surface area contributed by atoms with E-state index in [1.165, 1.54) is 19.3 Å². The second-order valence-electron chi connectivity index (χ2n) is 3.61. The molecule has 16 heavy (non-hydrogen) atoms. The summed E-state index contributed by atoms with van der Waals surface area (Å²) < 4.78 is 0. The van der Waals surface area contributed by atoms with Gasteiger partial charge in [0, 0.05) is 7.97 Å². The molecule has 0 atom stereocenters. The number of aliphatic hydroxyl groups is 1. The quantitative estimate of drug-likeness (QED) is 0.517. The monoisotopic (exact) mass is 227 g/mol. The molecule has 0 saturated heterocycles. The smallest absolute Gasteiger partial charge is 0.0681 e. The van der Waals surface area contributed by atoms with E-state index >= 15 is 0 Å². The highest BCUT2D eigenvalue weighted by Gasteiger charge is 1.83. The normalized spacial score (nSPS) is 9.44. The summed E-state index contributed by atoms with van der Waals surface area (Å²) in [4.78, 5) is 0. The number of benzene rings is 1. The maximum absolute atomic E-state index is 8.54. The first-order chi connectivity index (χ1) is 7.85. The topological polar surface area (TPSA) is 52.5 Å². The van der Waals surface area contributed by atoms with Crippen molar-refractivity contribution in [2.75, 3.05) is 6.54 Å². The van der Waals surface area contributed by atoms with Crippen LogP contribution in [0.1, 0.15) is 39.6 Å². The van der Waals surface area contributed by atoms with Crippen molar-refractivity contribution in [3.05, 3.63) is 35.9 Å². The van der Waals surface area contributed by atoms with Crippen molar-refractivity contribution < 1.29 is 11.7 Å². The zero-order valence-electron chi connectivity index (χ0n) is 10.0. The van der Waals surface area contributed by atoms with Crippen LogP contribution in [0.5, 0.6) is 0 Å². The van der Waals surface area contributed by atoms with Gasteiger partial charge in [-0.2, -0.15) is 0 Å². The molecule has 0 unspecified atom stereocenters. The van der Waals surface area contributed by atoms with Crippen LogP contribution in [0.4, 0.5) is 0 Å². The molecule has 0 fully saturated rings. The zero-order valence-corrected chi connectivity index (χ0v) is 10.0. The molecule has 0 aliphatic rings. The summed E-state index contributed by atoms with van der Waals surface area (Å²) >= 11 is 0. The molecule has 0 amide bonds. The number of hydroxylamine groups is 1. The minimum Gasteiger partial charge on any atom is -0.392 e. The van der Waals surface area contributed by atoms with E-state index in [2.05, 4.69) is 12.4 Å². The molecule has 94 valence electrons. The van der Waals surface area contributed by atoms with Gasteiger partial charge in [-0.1, -0.05) is 56.5 Å². The number of unbranched alkanes of at least 4 members (excludes halogenated alkanes) is 3. The molecule has 0 aliphatic carbocycles. The first kappa shape index (κ1) is 15.1. The molecule has 1 rings (SSSR count). The Balaban J connectivity index is 0. The SMILES string of the molecule is CCCCCCNO.OCc1ccccc1.[HH]. The molecule has 3 heteroatoms. The van der Waals surface area contributed by atoms with Gasteiger partial charge in [0.2, 0.25) is 0 Å².